The Balaban J connectivity index is 2.26. The predicted octanol–water partition coefficient (Wildman–Crippen LogP) is 0.922. The highest BCUT2D eigenvalue weighted by atomic mass is 32.2. The van der Waals surface area contributed by atoms with Gasteiger partial charge in [0.15, 0.2) is 5.78 Å². The van der Waals surface area contributed by atoms with Crippen LogP contribution in [0.2, 0.25) is 0 Å². The molecule has 0 saturated carbocycles. The van der Waals surface area contributed by atoms with Crippen molar-refractivity contribution in [2.75, 3.05) is 25.7 Å². The molecule has 1 aliphatic heterocycles. The molecule has 1 aromatic rings. The number of carbonyl (C=O) groups is 2. The van der Waals surface area contributed by atoms with Gasteiger partial charge in [-0.2, -0.15) is 11.8 Å². The number of Topliss-reactive ketones (excluding diaryl/α,β-unsaturated/α-hetero) is 1. The summed E-state index contributed by atoms with van der Waals surface area (Å²) in [4.78, 5) is 24.7. The van der Waals surface area contributed by atoms with E-state index in [-0.39, 0.29) is 5.78 Å². The second-order valence-electron chi connectivity index (χ2n) is 5.35. The van der Waals surface area contributed by atoms with Crippen molar-refractivity contribution in [1.29, 1.82) is 0 Å². The molecule has 0 bridgehead atoms. The first-order valence-electron chi connectivity index (χ1n) is 7.27. The molecule has 1 aliphatic rings. The number of nitrogens with two attached hydrogens (primary N) is 1. The van der Waals surface area contributed by atoms with Crippen LogP contribution >= 0.6 is 11.8 Å². The SMILES string of the molecule is COC(=O)[C@@H](N)[C@H](CSC)C(=O)C1NCCc2ccccc21. The van der Waals surface area contributed by atoms with Crippen molar-refractivity contribution in [3.8, 4) is 0 Å². The third kappa shape index (κ3) is 3.51. The summed E-state index contributed by atoms with van der Waals surface area (Å²) in [6, 6.07) is 6.57. The Morgan fingerprint density at radius 1 is 1.45 bits per heavy atom. The van der Waals surface area contributed by atoms with Gasteiger partial charge in [-0.15, -0.1) is 0 Å². The molecule has 1 heterocycles. The normalized spacial score (nSPS) is 19.9. The molecular weight excluding hydrogens is 300 g/mol. The van der Waals surface area contributed by atoms with Gasteiger partial charge in [0.2, 0.25) is 0 Å². The van der Waals surface area contributed by atoms with E-state index in [1.54, 1.807) is 0 Å². The molecule has 0 spiro atoms. The quantitative estimate of drug-likeness (QED) is 0.758. The number of esters is 1. The number of thioether (sulfide) groups is 1. The maximum atomic E-state index is 12.9. The average Bonchev–Trinajstić information content (AvgIpc) is 2.57. The van der Waals surface area contributed by atoms with Crippen molar-refractivity contribution >= 4 is 23.5 Å². The lowest BCUT2D eigenvalue weighted by atomic mass is 9.85. The van der Waals surface area contributed by atoms with Gasteiger partial charge in [0.25, 0.3) is 0 Å². The second-order valence-corrected chi connectivity index (χ2v) is 6.26. The number of methoxy groups -OCH3 is 1. The Bertz CT molecular complexity index is 550. The fraction of sp³-hybridized carbons (Fsp3) is 0.500. The van der Waals surface area contributed by atoms with E-state index in [1.165, 1.54) is 24.4 Å². The van der Waals surface area contributed by atoms with Gasteiger partial charge in [-0.25, -0.2) is 0 Å². The third-order valence-electron chi connectivity index (χ3n) is 4.01. The molecule has 2 rings (SSSR count). The number of hydrogen-bond acceptors (Lipinski definition) is 6. The lowest BCUT2D eigenvalue weighted by Gasteiger charge is -2.30. The van der Waals surface area contributed by atoms with Crippen LogP contribution < -0.4 is 11.1 Å². The van der Waals surface area contributed by atoms with Crippen molar-refractivity contribution in [1.82, 2.24) is 5.32 Å². The number of ether oxygens (including phenoxy) is 1. The van der Waals surface area contributed by atoms with E-state index in [0.717, 1.165) is 18.5 Å². The van der Waals surface area contributed by atoms with E-state index in [9.17, 15) is 9.59 Å². The number of ketones is 1. The Labute approximate surface area is 135 Å². The lowest BCUT2D eigenvalue weighted by molar-refractivity contribution is -0.145. The highest BCUT2D eigenvalue weighted by molar-refractivity contribution is 7.98. The Morgan fingerprint density at radius 3 is 2.86 bits per heavy atom. The Hall–Kier alpha value is -1.37. The summed E-state index contributed by atoms with van der Waals surface area (Å²) < 4.78 is 4.70. The van der Waals surface area contributed by atoms with Gasteiger partial charge < -0.3 is 15.8 Å². The average molecular weight is 322 g/mol. The molecule has 120 valence electrons. The number of benzene rings is 1. The summed E-state index contributed by atoms with van der Waals surface area (Å²) in [5.41, 5.74) is 8.11. The molecule has 3 N–H and O–H groups in total. The molecule has 3 atom stereocenters. The van der Waals surface area contributed by atoms with E-state index in [0.29, 0.717) is 5.75 Å². The summed E-state index contributed by atoms with van der Waals surface area (Å²) >= 11 is 1.50. The largest absolute Gasteiger partial charge is 0.468 e. The standard InChI is InChI=1S/C16H22N2O3S/c1-21-16(20)13(17)12(9-22-2)15(19)14-11-6-4-3-5-10(11)7-8-18-14/h3-6,12-14,18H,7-9,17H2,1-2H3/t12-,13-,14?/m0/s1. The molecule has 0 aliphatic carbocycles. The lowest BCUT2D eigenvalue weighted by Crippen LogP contribution is -2.48. The number of fused-ring (bicyclic) bond motifs is 1. The van der Waals surface area contributed by atoms with Crippen molar-refractivity contribution < 1.29 is 14.3 Å². The monoisotopic (exact) mass is 322 g/mol. The number of nitrogens with one attached hydrogen (secondary N) is 1. The van der Waals surface area contributed by atoms with Gasteiger partial charge >= 0.3 is 5.97 Å². The molecule has 0 amide bonds. The second kappa shape index (κ2) is 7.76. The van der Waals surface area contributed by atoms with Gasteiger partial charge in [0.1, 0.15) is 6.04 Å². The zero-order valence-electron chi connectivity index (χ0n) is 12.9. The smallest absolute Gasteiger partial charge is 0.323 e. The maximum absolute atomic E-state index is 12.9. The van der Waals surface area contributed by atoms with Crippen LogP contribution in [-0.4, -0.2) is 43.5 Å². The summed E-state index contributed by atoms with van der Waals surface area (Å²) in [7, 11) is 1.29. The minimum absolute atomic E-state index is 0.0422. The zero-order valence-corrected chi connectivity index (χ0v) is 13.7. The zero-order chi connectivity index (χ0) is 16.1. The van der Waals surface area contributed by atoms with Crippen molar-refractivity contribution in [3.05, 3.63) is 35.4 Å². The fourth-order valence-corrected chi connectivity index (χ4v) is 3.55. The van der Waals surface area contributed by atoms with E-state index in [4.69, 9.17) is 10.5 Å². The Kier molecular flexibility index (Phi) is 5.99. The first kappa shape index (κ1) is 17.0. The summed E-state index contributed by atoms with van der Waals surface area (Å²) in [6.07, 6.45) is 2.79. The van der Waals surface area contributed by atoms with Gasteiger partial charge in [-0.1, -0.05) is 24.3 Å². The van der Waals surface area contributed by atoms with Crippen LogP contribution in [0.3, 0.4) is 0 Å². The highest BCUT2D eigenvalue weighted by Gasteiger charge is 2.37. The molecule has 0 radical (unpaired) electrons. The van der Waals surface area contributed by atoms with Gasteiger partial charge in [0.05, 0.1) is 19.1 Å². The maximum Gasteiger partial charge on any atom is 0.323 e. The number of carbonyl (C=O) groups excluding carboxylic acids is 2. The van der Waals surface area contributed by atoms with Crippen LogP contribution in [0.15, 0.2) is 24.3 Å². The van der Waals surface area contributed by atoms with Crippen LogP contribution in [-0.2, 0) is 20.7 Å². The number of rotatable bonds is 6. The van der Waals surface area contributed by atoms with E-state index in [2.05, 4.69) is 5.32 Å². The van der Waals surface area contributed by atoms with Crippen LogP contribution in [0, 0.1) is 5.92 Å². The fourth-order valence-electron chi connectivity index (χ4n) is 2.82. The molecule has 1 aromatic carbocycles. The molecular formula is C16H22N2O3S. The van der Waals surface area contributed by atoms with Gasteiger partial charge in [-0.05, 0) is 23.8 Å². The van der Waals surface area contributed by atoms with E-state index >= 15 is 0 Å². The van der Waals surface area contributed by atoms with E-state index < -0.39 is 24.0 Å². The van der Waals surface area contributed by atoms with Crippen molar-refractivity contribution in [3.63, 3.8) is 0 Å². The molecule has 6 heteroatoms. The molecule has 0 fully saturated rings. The van der Waals surface area contributed by atoms with Crippen LogP contribution in [0.4, 0.5) is 0 Å². The summed E-state index contributed by atoms with van der Waals surface area (Å²) in [5, 5.41) is 3.26. The molecule has 1 unspecified atom stereocenters. The van der Waals surface area contributed by atoms with Crippen LogP contribution in [0.25, 0.3) is 0 Å². The van der Waals surface area contributed by atoms with Crippen molar-refractivity contribution in [2.24, 2.45) is 11.7 Å². The van der Waals surface area contributed by atoms with Crippen molar-refractivity contribution in [2.45, 2.75) is 18.5 Å². The topological polar surface area (TPSA) is 81.4 Å². The first-order valence-corrected chi connectivity index (χ1v) is 8.66. The molecule has 0 aromatic heterocycles. The Morgan fingerprint density at radius 2 is 2.18 bits per heavy atom. The molecule has 22 heavy (non-hydrogen) atoms. The van der Waals surface area contributed by atoms with Crippen LogP contribution in [0.5, 0.6) is 0 Å². The summed E-state index contributed by atoms with van der Waals surface area (Å²) in [6.45, 7) is 0.743. The minimum atomic E-state index is -0.930. The van der Waals surface area contributed by atoms with Gasteiger partial charge in [-0.3, -0.25) is 9.59 Å². The number of hydrogen-bond donors (Lipinski definition) is 2. The third-order valence-corrected chi connectivity index (χ3v) is 4.70. The summed E-state index contributed by atoms with van der Waals surface area (Å²) in [5.74, 6) is -0.655. The van der Waals surface area contributed by atoms with Gasteiger partial charge in [0, 0.05) is 12.3 Å². The minimum Gasteiger partial charge on any atom is -0.468 e. The van der Waals surface area contributed by atoms with Crippen LogP contribution in [0.1, 0.15) is 17.2 Å². The molecule has 0 saturated heterocycles. The predicted molar refractivity (Wildman–Crippen MR) is 87.8 cm³/mol. The first-order chi connectivity index (χ1) is 10.6. The highest BCUT2D eigenvalue weighted by Crippen LogP contribution is 2.27. The van der Waals surface area contributed by atoms with E-state index in [1.807, 2.05) is 30.5 Å². The molecule has 5 nitrogen and oxygen atoms in total.